The molecule has 0 saturated carbocycles. The van der Waals surface area contributed by atoms with Crippen LogP contribution < -0.4 is 5.63 Å². The average molecular weight is 224 g/mol. The van der Waals surface area contributed by atoms with Crippen molar-refractivity contribution in [2.75, 3.05) is 0 Å². The fourth-order valence-electron chi connectivity index (χ4n) is 2.07. The average Bonchev–Trinajstić information content (AvgIpc) is 2.63. The molecule has 0 saturated heterocycles. The van der Waals surface area contributed by atoms with E-state index in [1.54, 1.807) is 6.07 Å². The SMILES string of the molecule is Cc1c2oc(=O)c(C#N)cc2c2ccccn12. The van der Waals surface area contributed by atoms with E-state index >= 15 is 0 Å². The van der Waals surface area contributed by atoms with Gasteiger partial charge in [0.2, 0.25) is 0 Å². The van der Waals surface area contributed by atoms with E-state index in [-0.39, 0.29) is 5.56 Å². The molecule has 0 N–H and O–H groups in total. The molecule has 0 spiro atoms. The molecule has 3 aromatic rings. The van der Waals surface area contributed by atoms with Crippen LogP contribution >= 0.6 is 0 Å². The van der Waals surface area contributed by atoms with Gasteiger partial charge in [-0.3, -0.25) is 0 Å². The number of rotatable bonds is 0. The van der Waals surface area contributed by atoms with Crippen molar-refractivity contribution in [2.24, 2.45) is 0 Å². The molecule has 0 atom stereocenters. The van der Waals surface area contributed by atoms with Crippen molar-refractivity contribution in [1.82, 2.24) is 4.40 Å². The van der Waals surface area contributed by atoms with Crippen LogP contribution in [0, 0.1) is 18.3 Å². The Balaban J connectivity index is 2.64. The molecule has 0 fully saturated rings. The number of aryl methyl sites for hydroxylation is 1. The molecule has 0 bridgehead atoms. The lowest BCUT2D eigenvalue weighted by atomic mass is 10.2. The van der Waals surface area contributed by atoms with Gasteiger partial charge in [0.25, 0.3) is 0 Å². The highest BCUT2D eigenvalue weighted by atomic mass is 16.4. The minimum absolute atomic E-state index is 0.0360. The van der Waals surface area contributed by atoms with E-state index in [1.807, 2.05) is 41.8 Å². The van der Waals surface area contributed by atoms with E-state index < -0.39 is 5.63 Å². The van der Waals surface area contributed by atoms with Crippen molar-refractivity contribution >= 4 is 16.5 Å². The maximum atomic E-state index is 11.5. The van der Waals surface area contributed by atoms with Gasteiger partial charge in [0.15, 0.2) is 5.58 Å². The van der Waals surface area contributed by atoms with E-state index in [0.717, 1.165) is 16.6 Å². The Bertz CT molecular complexity index is 834. The third-order valence-electron chi connectivity index (χ3n) is 2.89. The first kappa shape index (κ1) is 9.67. The van der Waals surface area contributed by atoms with Crippen LogP contribution in [0.5, 0.6) is 0 Å². The first-order valence-corrected chi connectivity index (χ1v) is 5.16. The van der Waals surface area contributed by atoms with E-state index in [0.29, 0.717) is 5.58 Å². The van der Waals surface area contributed by atoms with Crippen LogP contribution in [0.25, 0.3) is 16.5 Å². The van der Waals surface area contributed by atoms with Gasteiger partial charge in [-0.2, -0.15) is 5.26 Å². The van der Waals surface area contributed by atoms with Gasteiger partial charge in [-0.1, -0.05) is 6.07 Å². The van der Waals surface area contributed by atoms with Crippen LogP contribution in [0.3, 0.4) is 0 Å². The van der Waals surface area contributed by atoms with Crippen LogP contribution in [-0.4, -0.2) is 4.40 Å². The lowest BCUT2D eigenvalue weighted by molar-refractivity contribution is 0.556. The fraction of sp³-hybridized carbons (Fsp3) is 0.0769. The van der Waals surface area contributed by atoms with Gasteiger partial charge in [-0.25, -0.2) is 4.79 Å². The topological polar surface area (TPSA) is 58.4 Å². The Labute approximate surface area is 96.3 Å². The number of aromatic nitrogens is 1. The van der Waals surface area contributed by atoms with Crippen molar-refractivity contribution < 1.29 is 4.42 Å². The van der Waals surface area contributed by atoms with Crippen LogP contribution in [0.1, 0.15) is 11.3 Å². The quantitative estimate of drug-likeness (QED) is 0.588. The Morgan fingerprint density at radius 3 is 3.00 bits per heavy atom. The molecule has 0 aliphatic heterocycles. The number of fused-ring (bicyclic) bond motifs is 3. The zero-order valence-corrected chi connectivity index (χ0v) is 9.10. The van der Waals surface area contributed by atoms with E-state index in [9.17, 15) is 4.79 Å². The maximum absolute atomic E-state index is 11.5. The predicted octanol–water partition coefficient (Wildman–Crippen LogP) is 2.23. The molecule has 4 nitrogen and oxygen atoms in total. The molecule has 0 aromatic carbocycles. The van der Waals surface area contributed by atoms with Crippen molar-refractivity contribution in [3.8, 4) is 6.07 Å². The summed E-state index contributed by atoms with van der Waals surface area (Å²) in [6.45, 7) is 1.88. The third kappa shape index (κ3) is 1.20. The van der Waals surface area contributed by atoms with Crippen molar-refractivity contribution in [2.45, 2.75) is 6.92 Å². The van der Waals surface area contributed by atoms with Crippen molar-refractivity contribution in [3.63, 3.8) is 0 Å². The highest BCUT2D eigenvalue weighted by Crippen LogP contribution is 2.25. The molecule has 82 valence electrons. The summed E-state index contributed by atoms with van der Waals surface area (Å²) in [7, 11) is 0. The molecule has 3 rings (SSSR count). The molecule has 17 heavy (non-hydrogen) atoms. The van der Waals surface area contributed by atoms with Gasteiger partial charge in [0, 0.05) is 11.6 Å². The van der Waals surface area contributed by atoms with Gasteiger partial charge in [-0.15, -0.1) is 0 Å². The number of nitriles is 1. The molecule has 0 aliphatic carbocycles. The van der Waals surface area contributed by atoms with Crippen LogP contribution in [0.4, 0.5) is 0 Å². The van der Waals surface area contributed by atoms with Gasteiger partial charge in [0.05, 0.1) is 11.2 Å². The Hall–Kier alpha value is -2.54. The van der Waals surface area contributed by atoms with Gasteiger partial charge < -0.3 is 8.82 Å². The Kier molecular flexibility index (Phi) is 1.83. The second-order valence-corrected chi connectivity index (χ2v) is 3.84. The molecule has 0 amide bonds. The Morgan fingerprint density at radius 2 is 2.24 bits per heavy atom. The summed E-state index contributed by atoms with van der Waals surface area (Å²) >= 11 is 0. The minimum atomic E-state index is -0.584. The largest absolute Gasteiger partial charge is 0.420 e. The normalized spacial score (nSPS) is 10.8. The summed E-state index contributed by atoms with van der Waals surface area (Å²) in [5.74, 6) is 0. The molecule has 0 radical (unpaired) electrons. The molecule has 0 unspecified atom stereocenters. The van der Waals surface area contributed by atoms with Gasteiger partial charge >= 0.3 is 5.63 Å². The number of hydrogen-bond acceptors (Lipinski definition) is 3. The fourth-order valence-corrected chi connectivity index (χ4v) is 2.07. The molecular formula is C13H8N2O2. The molecular weight excluding hydrogens is 216 g/mol. The third-order valence-corrected chi connectivity index (χ3v) is 2.89. The first-order chi connectivity index (χ1) is 8.22. The predicted molar refractivity (Wildman–Crippen MR) is 62.9 cm³/mol. The monoisotopic (exact) mass is 224 g/mol. The Morgan fingerprint density at radius 1 is 1.41 bits per heavy atom. The van der Waals surface area contributed by atoms with Crippen molar-refractivity contribution in [3.05, 3.63) is 52.1 Å². The zero-order chi connectivity index (χ0) is 12.0. The number of pyridine rings is 1. The van der Waals surface area contributed by atoms with Crippen LogP contribution in [-0.2, 0) is 0 Å². The highest BCUT2D eigenvalue weighted by molar-refractivity contribution is 5.96. The van der Waals surface area contributed by atoms with Gasteiger partial charge in [-0.05, 0) is 25.1 Å². The lowest BCUT2D eigenvalue weighted by Gasteiger charge is -1.93. The molecule has 3 aromatic heterocycles. The standard InChI is InChI=1S/C13H8N2O2/c1-8-12-10(6-9(7-14)13(16)17-12)11-4-2-3-5-15(8)11/h2-6H,1H3. The summed E-state index contributed by atoms with van der Waals surface area (Å²) in [4.78, 5) is 11.5. The maximum Gasteiger partial charge on any atom is 0.354 e. The highest BCUT2D eigenvalue weighted by Gasteiger charge is 2.13. The summed E-state index contributed by atoms with van der Waals surface area (Å²) < 4.78 is 7.14. The van der Waals surface area contributed by atoms with E-state index in [1.165, 1.54) is 0 Å². The second-order valence-electron chi connectivity index (χ2n) is 3.84. The lowest BCUT2D eigenvalue weighted by Crippen LogP contribution is -2.02. The summed E-state index contributed by atoms with van der Waals surface area (Å²) in [5, 5.41) is 9.63. The first-order valence-electron chi connectivity index (χ1n) is 5.16. The second kappa shape index (κ2) is 3.22. The molecule has 0 aliphatic rings. The van der Waals surface area contributed by atoms with Crippen LogP contribution in [0.2, 0.25) is 0 Å². The summed E-state index contributed by atoms with van der Waals surface area (Å²) in [6, 6.07) is 9.17. The number of hydrogen-bond donors (Lipinski definition) is 0. The van der Waals surface area contributed by atoms with Crippen LogP contribution in [0.15, 0.2) is 39.7 Å². The summed E-state index contributed by atoms with van der Waals surface area (Å²) in [6.07, 6.45) is 1.90. The molecule has 3 heterocycles. The van der Waals surface area contributed by atoms with Gasteiger partial charge in [0.1, 0.15) is 11.6 Å². The van der Waals surface area contributed by atoms with E-state index in [4.69, 9.17) is 9.68 Å². The molecule has 4 heteroatoms. The summed E-state index contributed by atoms with van der Waals surface area (Å²) in [5.41, 5.74) is 1.78. The van der Waals surface area contributed by atoms with E-state index in [2.05, 4.69) is 0 Å². The smallest absolute Gasteiger partial charge is 0.354 e. The number of nitrogens with zero attached hydrogens (tertiary/aromatic N) is 2. The zero-order valence-electron chi connectivity index (χ0n) is 9.10. The minimum Gasteiger partial charge on any atom is -0.420 e. The van der Waals surface area contributed by atoms with Crippen molar-refractivity contribution in [1.29, 1.82) is 5.26 Å².